The Morgan fingerprint density at radius 2 is 1.82 bits per heavy atom. The minimum absolute atomic E-state index is 0.464. The summed E-state index contributed by atoms with van der Waals surface area (Å²) in [5, 5.41) is -0.464. The molecule has 0 amide bonds. The number of carbonyl (C=O) groups is 1. The van der Waals surface area contributed by atoms with Crippen molar-refractivity contribution in [1.29, 1.82) is 0 Å². The first-order chi connectivity index (χ1) is 8.09. The highest BCUT2D eigenvalue weighted by molar-refractivity contribution is 6.68. The number of aryl methyl sites for hydroxylation is 2. The van der Waals surface area contributed by atoms with Crippen molar-refractivity contribution < 1.29 is 4.79 Å². The Morgan fingerprint density at radius 1 is 1.18 bits per heavy atom. The SMILES string of the molecule is Cc1cc(-c2ccccc2)c(C(=O)Cl)c(C)n1. The van der Waals surface area contributed by atoms with Crippen molar-refractivity contribution in [2.45, 2.75) is 13.8 Å². The lowest BCUT2D eigenvalue weighted by molar-refractivity contribution is 0.108. The van der Waals surface area contributed by atoms with E-state index >= 15 is 0 Å². The summed E-state index contributed by atoms with van der Waals surface area (Å²) in [4.78, 5) is 15.8. The van der Waals surface area contributed by atoms with Gasteiger partial charge in [0.25, 0.3) is 5.24 Å². The van der Waals surface area contributed by atoms with E-state index in [-0.39, 0.29) is 0 Å². The topological polar surface area (TPSA) is 30.0 Å². The van der Waals surface area contributed by atoms with Gasteiger partial charge in [0.1, 0.15) is 0 Å². The Balaban J connectivity index is 2.72. The van der Waals surface area contributed by atoms with Crippen molar-refractivity contribution in [1.82, 2.24) is 4.98 Å². The molecule has 0 N–H and O–H groups in total. The highest BCUT2D eigenvalue weighted by atomic mass is 35.5. The molecule has 0 saturated carbocycles. The summed E-state index contributed by atoms with van der Waals surface area (Å²) >= 11 is 5.64. The van der Waals surface area contributed by atoms with Crippen LogP contribution >= 0.6 is 11.6 Å². The van der Waals surface area contributed by atoms with Gasteiger partial charge in [0.15, 0.2) is 0 Å². The molecule has 0 aliphatic carbocycles. The number of hydrogen-bond donors (Lipinski definition) is 0. The molecule has 17 heavy (non-hydrogen) atoms. The molecule has 0 saturated heterocycles. The summed E-state index contributed by atoms with van der Waals surface area (Å²) in [6.07, 6.45) is 0. The van der Waals surface area contributed by atoms with Gasteiger partial charge in [0.2, 0.25) is 0 Å². The molecule has 0 bridgehead atoms. The first-order valence-corrected chi connectivity index (χ1v) is 5.71. The number of halogens is 1. The number of aromatic nitrogens is 1. The summed E-state index contributed by atoms with van der Waals surface area (Å²) in [6.45, 7) is 3.71. The van der Waals surface area contributed by atoms with Crippen LogP contribution in [-0.2, 0) is 0 Å². The van der Waals surface area contributed by atoms with Crippen LogP contribution in [0.25, 0.3) is 11.1 Å². The summed E-state index contributed by atoms with van der Waals surface area (Å²) in [7, 11) is 0. The molecular weight excluding hydrogens is 234 g/mol. The molecule has 1 heterocycles. The summed E-state index contributed by atoms with van der Waals surface area (Å²) in [5.74, 6) is 0. The van der Waals surface area contributed by atoms with E-state index in [0.29, 0.717) is 11.3 Å². The van der Waals surface area contributed by atoms with E-state index in [1.54, 1.807) is 6.92 Å². The fourth-order valence-corrected chi connectivity index (χ4v) is 2.16. The monoisotopic (exact) mass is 245 g/mol. The second kappa shape index (κ2) is 4.68. The average Bonchev–Trinajstić information content (AvgIpc) is 2.28. The molecule has 0 atom stereocenters. The summed E-state index contributed by atoms with van der Waals surface area (Å²) in [5.41, 5.74) is 3.86. The Morgan fingerprint density at radius 3 is 2.41 bits per heavy atom. The lowest BCUT2D eigenvalue weighted by atomic mass is 9.99. The van der Waals surface area contributed by atoms with Crippen LogP contribution in [0.15, 0.2) is 36.4 Å². The largest absolute Gasteiger partial charge is 0.276 e. The molecule has 2 nitrogen and oxygen atoms in total. The molecule has 0 spiro atoms. The fraction of sp³-hybridized carbons (Fsp3) is 0.143. The molecule has 3 heteroatoms. The minimum atomic E-state index is -0.464. The molecular formula is C14H12ClNO. The lowest BCUT2D eigenvalue weighted by Crippen LogP contribution is -2.01. The maximum Gasteiger partial charge on any atom is 0.254 e. The molecule has 2 aromatic rings. The van der Waals surface area contributed by atoms with Gasteiger partial charge in [-0.2, -0.15) is 0 Å². The van der Waals surface area contributed by atoms with Crippen LogP contribution in [0.2, 0.25) is 0 Å². The first kappa shape index (κ1) is 11.8. The first-order valence-electron chi connectivity index (χ1n) is 5.33. The van der Waals surface area contributed by atoms with Crippen molar-refractivity contribution in [2.24, 2.45) is 0 Å². The van der Waals surface area contributed by atoms with Crippen LogP contribution < -0.4 is 0 Å². The van der Waals surface area contributed by atoms with Gasteiger partial charge in [-0.25, -0.2) is 0 Å². The van der Waals surface area contributed by atoms with Crippen LogP contribution in [0, 0.1) is 13.8 Å². The number of benzene rings is 1. The zero-order valence-corrected chi connectivity index (χ0v) is 10.5. The van der Waals surface area contributed by atoms with Crippen LogP contribution in [0.5, 0.6) is 0 Å². The molecule has 0 aliphatic rings. The third-order valence-corrected chi connectivity index (χ3v) is 2.80. The van der Waals surface area contributed by atoms with Crippen LogP contribution in [0.4, 0.5) is 0 Å². The average molecular weight is 246 g/mol. The Bertz CT molecular complexity index is 564. The maximum absolute atomic E-state index is 11.5. The number of rotatable bonds is 2. The van der Waals surface area contributed by atoms with Gasteiger partial charge in [0, 0.05) is 5.69 Å². The smallest absolute Gasteiger partial charge is 0.254 e. The van der Waals surface area contributed by atoms with Crippen LogP contribution in [0.1, 0.15) is 21.7 Å². The molecule has 86 valence electrons. The third-order valence-electron chi connectivity index (χ3n) is 2.61. The molecule has 0 aliphatic heterocycles. The molecule has 1 aromatic heterocycles. The van der Waals surface area contributed by atoms with Crippen molar-refractivity contribution in [3.63, 3.8) is 0 Å². The van der Waals surface area contributed by atoms with Gasteiger partial charge >= 0.3 is 0 Å². The quantitative estimate of drug-likeness (QED) is 0.755. The van der Waals surface area contributed by atoms with E-state index in [1.165, 1.54) is 0 Å². The van der Waals surface area contributed by atoms with Crippen LogP contribution in [0.3, 0.4) is 0 Å². The van der Waals surface area contributed by atoms with E-state index < -0.39 is 5.24 Å². The molecule has 2 rings (SSSR count). The van der Waals surface area contributed by atoms with Gasteiger partial charge in [-0.15, -0.1) is 0 Å². The van der Waals surface area contributed by atoms with Gasteiger partial charge in [0.05, 0.1) is 11.3 Å². The van der Waals surface area contributed by atoms with E-state index in [2.05, 4.69) is 4.98 Å². The number of hydrogen-bond acceptors (Lipinski definition) is 2. The van der Waals surface area contributed by atoms with E-state index in [1.807, 2.05) is 43.3 Å². The molecule has 0 radical (unpaired) electrons. The Labute approximate surface area is 105 Å². The lowest BCUT2D eigenvalue weighted by Gasteiger charge is -2.10. The van der Waals surface area contributed by atoms with Crippen molar-refractivity contribution in [2.75, 3.05) is 0 Å². The second-order valence-electron chi connectivity index (χ2n) is 3.91. The maximum atomic E-state index is 11.5. The van der Waals surface area contributed by atoms with Crippen LogP contribution in [-0.4, -0.2) is 10.2 Å². The number of nitrogens with zero attached hydrogens (tertiary/aromatic N) is 1. The predicted molar refractivity (Wildman–Crippen MR) is 69.3 cm³/mol. The van der Waals surface area contributed by atoms with E-state index in [0.717, 1.165) is 16.8 Å². The summed E-state index contributed by atoms with van der Waals surface area (Å²) in [6, 6.07) is 11.6. The standard InChI is InChI=1S/C14H12ClNO/c1-9-8-12(11-6-4-3-5-7-11)13(14(15)17)10(2)16-9/h3-8H,1-2H3. The van der Waals surface area contributed by atoms with Crippen molar-refractivity contribution >= 4 is 16.8 Å². The fourth-order valence-electron chi connectivity index (χ4n) is 1.92. The molecule has 1 aromatic carbocycles. The van der Waals surface area contributed by atoms with Crippen molar-refractivity contribution in [3.05, 3.63) is 53.3 Å². The zero-order chi connectivity index (χ0) is 12.4. The van der Waals surface area contributed by atoms with Gasteiger partial charge < -0.3 is 0 Å². The van der Waals surface area contributed by atoms with E-state index in [9.17, 15) is 4.79 Å². The molecule has 0 fully saturated rings. The highest BCUT2D eigenvalue weighted by Crippen LogP contribution is 2.27. The minimum Gasteiger partial charge on any atom is -0.276 e. The van der Waals surface area contributed by atoms with E-state index in [4.69, 9.17) is 11.6 Å². The molecule has 0 unspecified atom stereocenters. The summed E-state index contributed by atoms with van der Waals surface area (Å²) < 4.78 is 0. The Hall–Kier alpha value is -1.67. The number of carbonyl (C=O) groups excluding carboxylic acids is 1. The zero-order valence-electron chi connectivity index (χ0n) is 9.70. The second-order valence-corrected chi connectivity index (χ2v) is 4.25. The normalized spacial score (nSPS) is 10.3. The number of pyridine rings is 1. The van der Waals surface area contributed by atoms with Gasteiger partial charge in [-0.3, -0.25) is 9.78 Å². The highest BCUT2D eigenvalue weighted by Gasteiger charge is 2.15. The van der Waals surface area contributed by atoms with Gasteiger partial charge in [-0.1, -0.05) is 30.3 Å². The van der Waals surface area contributed by atoms with Gasteiger partial charge in [-0.05, 0) is 42.6 Å². The van der Waals surface area contributed by atoms with Crippen molar-refractivity contribution in [3.8, 4) is 11.1 Å². The predicted octanol–water partition coefficient (Wildman–Crippen LogP) is 3.74. The third kappa shape index (κ3) is 2.37. The Kier molecular flexibility index (Phi) is 3.25.